The highest BCUT2D eigenvalue weighted by atomic mass is 19.1. The smallest absolute Gasteiger partial charge is 0.126 e. The minimum Gasteiger partial charge on any atom is -0.335 e. The third-order valence-corrected chi connectivity index (χ3v) is 3.29. The molecule has 0 atom stereocenters. The number of hydrogen-bond acceptors (Lipinski definition) is 1. The summed E-state index contributed by atoms with van der Waals surface area (Å²) in [6.07, 6.45) is 6.16. The summed E-state index contributed by atoms with van der Waals surface area (Å²) in [5.41, 5.74) is 1.70. The summed E-state index contributed by atoms with van der Waals surface area (Å²) in [6.45, 7) is 1.06. The average molecular weight is 230 g/mol. The van der Waals surface area contributed by atoms with E-state index in [9.17, 15) is 4.39 Å². The number of fused-ring (bicyclic) bond motifs is 1. The first-order chi connectivity index (χ1) is 8.33. The zero-order chi connectivity index (χ0) is 11.7. The highest BCUT2D eigenvalue weighted by Crippen LogP contribution is 2.17. The summed E-state index contributed by atoms with van der Waals surface area (Å²) in [7, 11) is 0. The summed E-state index contributed by atoms with van der Waals surface area (Å²) < 4.78 is 15.7. The summed E-state index contributed by atoms with van der Waals surface area (Å²) in [5, 5.41) is 0. The van der Waals surface area contributed by atoms with Gasteiger partial charge in [-0.25, -0.2) is 9.37 Å². The van der Waals surface area contributed by atoms with Crippen molar-refractivity contribution in [3.05, 3.63) is 53.4 Å². The minimum absolute atomic E-state index is 0.140. The normalized spacial score (nSPS) is 14.6. The molecule has 1 aliphatic rings. The van der Waals surface area contributed by atoms with Gasteiger partial charge in [0.25, 0.3) is 0 Å². The van der Waals surface area contributed by atoms with Gasteiger partial charge in [0.05, 0.1) is 5.69 Å². The second-order valence-electron chi connectivity index (χ2n) is 4.57. The first-order valence-corrected chi connectivity index (χ1v) is 6.11. The number of benzene rings is 1. The number of rotatable bonds is 2. The Bertz CT molecular complexity index is 507. The molecule has 1 aliphatic heterocycles. The third-order valence-electron chi connectivity index (χ3n) is 3.29. The van der Waals surface area contributed by atoms with E-state index >= 15 is 0 Å². The molecule has 0 amide bonds. The zero-order valence-corrected chi connectivity index (χ0v) is 9.69. The second-order valence-corrected chi connectivity index (χ2v) is 4.57. The first-order valence-electron chi connectivity index (χ1n) is 6.11. The van der Waals surface area contributed by atoms with Gasteiger partial charge in [-0.3, -0.25) is 0 Å². The van der Waals surface area contributed by atoms with E-state index in [0.29, 0.717) is 6.42 Å². The van der Waals surface area contributed by atoms with Crippen LogP contribution in [0.1, 0.15) is 29.9 Å². The van der Waals surface area contributed by atoms with E-state index in [1.807, 2.05) is 12.1 Å². The lowest BCUT2D eigenvalue weighted by Crippen LogP contribution is -2.08. The van der Waals surface area contributed by atoms with E-state index in [-0.39, 0.29) is 5.82 Å². The van der Waals surface area contributed by atoms with E-state index < -0.39 is 0 Å². The molecule has 0 saturated heterocycles. The summed E-state index contributed by atoms with van der Waals surface area (Å²) in [4.78, 5) is 4.58. The van der Waals surface area contributed by atoms with Gasteiger partial charge in [-0.2, -0.15) is 0 Å². The van der Waals surface area contributed by atoms with Gasteiger partial charge in [0.1, 0.15) is 11.6 Å². The van der Waals surface area contributed by atoms with Gasteiger partial charge >= 0.3 is 0 Å². The molecule has 0 radical (unpaired) electrons. The van der Waals surface area contributed by atoms with Crippen LogP contribution in [0.5, 0.6) is 0 Å². The third kappa shape index (κ3) is 2.09. The zero-order valence-electron chi connectivity index (χ0n) is 9.69. The molecule has 2 heterocycles. The number of imidazole rings is 1. The number of aryl methyl sites for hydroxylation is 2. The van der Waals surface area contributed by atoms with Crippen LogP contribution >= 0.6 is 0 Å². The molecule has 0 spiro atoms. The molecule has 2 nitrogen and oxygen atoms in total. The number of aromatic nitrogens is 2. The van der Waals surface area contributed by atoms with E-state index in [2.05, 4.69) is 15.7 Å². The summed E-state index contributed by atoms with van der Waals surface area (Å²) >= 11 is 0. The number of halogens is 1. The standard InChI is InChI=1S/C14H15FN2/c15-13-6-2-1-5-11(13)9-12-10-17-8-4-3-7-14(17)16-12/h1-2,5-6,10H,3-4,7-9H2. The van der Waals surface area contributed by atoms with Crippen LogP contribution in [-0.4, -0.2) is 9.55 Å². The van der Waals surface area contributed by atoms with E-state index in [1.165, 1.54) is 18.9 Å². The molecule has 0 fully saturated rings. The second kappa shape index (κ2) is 4.32. The lowest BCUT2D eigenvalue weighted by Gasteiger charge is -2.11. The van der Waals surface area contributed by atoms with Crippen LogP contribution in [0.4, 0.5) is 4.39 Å². The molecular weight excluding hydrogens is 215 g/mol. The maximum atomic E-state index is 13.5. The van der Waals surface area contributed by atoms with Crippen molar-refractivity contribution in [1.29, 1.82) is 0 Å². The Hall–Kier alpha value is -1.64. The van der Waals surface area contributed by atoms with Crippen LogP contribution in [0.3, 0.4) is 0 Å². The monoisotopic (exact) mass is 230 g/mol. The van der Waals surface area contributed by atoms with Gasteiger partial charge in [-0.05, 0) is 24.5 Å². The molecule has 0 aliphatic carbocycles. The molecule has 1 aromatic carbocycles. The molecule has 0 unspecified atom stereocenters. The highest BCUT2D eigenvalue weighted by Gasteiger charge is 2.13. The maximum absolute atomic E-state index is 13.5. The molecule has 1 aromatic heterocycles. The fraction of sp³-hybridized carbons (Fsp3) is 0.357. The van der Waals surface area contributed by atoms with Crippen molar-refractivity contribution in [2.24, 2.45) is 0 Å². The van der Waals surface area contributed by atoms with Crippen LogP contribution < -0.4 is 0 Å². The molecule has 2 aromatic rings. The lowest BCUT2D eigenvalue weighted by molar-refractivity contribution is 0.522. The molecule has 0 bridgehead atoms. The van der Waals surface area contributed by atoms with Gasteiger partial charge < -0.3 is 4.57 Å². The molecule has 0 N–H and O–H groups in total. The molecule has 0 saturated carbocycles. The van der Waals surface area contributed by atoms with Crippen LogP contribution in [-0.2, 0) is 19.4 Å². The summed E-state index contributed by atoms with van der Waals surface area (Å²) in [5.74, 6) is 1.01. The molecular formula is C14H15FN2. The Labute approximate surface area is 100 Å². The molecule has 3 rings (SSSR count). The largest absolute Gasteiger partial charge is 0.335 e. The number of hydrogen-bond donors (Lipinski definition) is 0. The van der Waals surface area contributed by atoms with Gasteiger partial charge in [0, 0.05) is 25.6 Å². The van der Waals surface area contributed by atoms with Crippen LogP contribution in [0, 0.1) is 5.82 Å². The fourth-order valence-electron chi connectivity index (χ4n) is 2.39. The van der Waals surface area contributed by atoms with Crippen molar-refractivity contribution in [2.75, 3.05) is 0 Å². The molecule has 17 heavy (non-hydrogen) atoms. The van der Waals surface area contributed by atoms with Gasteiger partial charge in [0.2, 0.25) is 0 Å². The van der Waals surface area contributed by atoms with Gasteiger partial charge in [-0.15, -0.1) is 0 Å². The van der Waals surface area contributed by atoms with Crippen molar-refractivity contribution in [3.8, 4) is 0 Å². The van der Waals surface area contributed by atoms with Gasteiger partial charge in [0.15, 0.2) is 0 Å². The van der Waals surface area contributed by atoms with Crippen molar-refractivity contribution >= 4 is 0 Å². The molecule has 3 heteroatoms. The minimum atomic E-state index is -0.140. The quantitative estimate of drug-likeness (QED) is 0.775. The molecule has 88 valence electrons. The lowest BCUT2D eigenvalue weighted by atomic mass is 10.1. The van der Waals surface area contributed by atoms with Crippen molar-refractivity contribution in [1.82, 2.24) is 9.55 Å². The van der Waals surface area contributed by atoms with E-state index in [1.54, 1.807) is 6.07 Å². The Morgan fingerprint density at radius 3 is 2.94 bits per heavy atom. The van der Waals surface area contributed by atoms with Crippen molar-refractivity contribution in [2.45, 2.75) is 32.2 Å². The Balaban J connectivity index is 1.86. The van der Waals surface area contributed by atoms with Crippen LogP contribution in [0.25, 0.3) is 0 Å². The SMILES string of the molecule is Fc1ccccc1Cc1cn2c(n1)CCCC2. The Kier molecular flexibility index (Phi) is 2.67. The average Bonchev–Trinajstić information content (AvgIpc) is 2.74. The first kappa shape index (κ1) is 10.5. The fourth-order valence-corrected chi connectivity index (χ4v) is 2.39. The predicted octanol–water partition coefficient (Wildman–Crippen LogP) is 2.95. The van der Waals surface area contributed by atoms with Crippen molar-refractivity contribution < 1.29 is 4.39 Å². The highest BCUT2D eigenvalue weighted by molar-refractivity contribution is 5.23. The van der Waals surface area contributed by atoms with E-state index in [0.717, 1.165) is 30.0 Å². The van der Waals surface area contributed by atoms with Crippen molar-refractivity contribution in [3.63, 3.8) is 0 Å². The predicted molar refractivity (Wildman–Crippen MR) is 64.4 cm³/mol. The Morgan fingerprint density at radius 2 is 2.12 bits per heavy atom. The topological polar surface area (TPSA) is 17.8 Å². The number of nitrogens with zero attached hydrogens (tertiary/aromatic N) is 2. The van der Waals surface area contributed by atoms with E-state index in [4.69, 9.17) is 0 Å². The van der Waals surface area contributed by atoms with Crippen LogP contribution in [0.2, 0.25) is 0 Å². The van der Waals surface area contributed by atoms with Gasteiger partial charge in [-0.1, -0.05) is 18.2 Å². The maximum Gasteiger partial charge on any atom is 0.126 e. The summed E-state index contributed by atoms with van der Waals surface area (Å²) in [6, 6.07) is 6.92. The van der Waals surface area contributed by atoms with Crippen LogP contribution in [0.15, 0.2) is 30.5 Å². The Morgan fingerprint density at radius 1 is 1.24 bits per heavy atom.